The topological polar surface area (TPSA) is 30.5 Å². The minimum atomic E-state index is -2.54. The summed E-state index contributed by atoms with van der Waals surface area (Å²) in [6, 6.07) is 3.79. The van der Waals surface area contributed by atoms with Gasteiger partial charge < -0.3 is 14.8 Å². The molecule has 1 fully saturated rings. The number of hydrogen-bond donors (Lipinski definition) is 1. The normalized spacial score (nSPS) is 22.4. The van der Waals surface area contributed by atoms with E-state index in [-0.39, 0.29) is 25.4 Å². The fraction of sp³-hybridized carbons (Fsp3) is 0.571. The van der Waals surface area contributed by atoms with Crippen LogP contribution in [0, 0.1) is 5.92 Å². The maximum Gasteiger partial charge on any atom is 0.255 e. The number of rotatable bonds is 4. The zero-order chi connectivity index (χ0) is 13.5. The summed E-state index contributed by atoms with van der Waals surface area (Å²) >= 11 is 0. The first-order chi connectivity index (χ1) is 9.12. The van der Waals surface area contributed by atoms with Gasteiger partial charge >= 0.3 is 0 Å². The lowest BCUT2D eigenvalue weighted by atomic mass is 9.99. The number of alkyl halides is 2. The Morgan fingerprint density at radius 3 is 2.80 bits per heavy atom. The lowest BCUT2D eigenvalue weighted by molar-refractivity contribution is 0.0851. The molecule has 1 aliphatic carbocycles. The van der Waals surface area contributed by atoms with E-state index in [1.807, 2.05) is 12.1 Å². The van der Waals surface area contributed by atoms with E-state index in [9.17, 15) is 8.78 Å². The van der Waals surface area contributed by atoms with Gasteiger partial charge in [0.15, 0.2) is 11.5 Å². The third-order valence-corrected chi connectivity index (χ3v) is 3.79. The monoisotopic (exact) mass is 305 g/mol. The maximum absolute atomic E-state index is 12.8. The number of fused-ring (bicyclic) bond motifs is 1. The third kappa shape index (κ3) is 2.83. The number of benzene rings is 1. The van der Waals surface area contributed by atoms with Gasteiger partial charge in [-0.2, -0.15) is 0 Å². The second-order valence-corrected chi connectivity index (χ2v) is 5.13. The smallest absolute Gasteiger partial charge is 0.255 e. The van der Waals surface area contributed by atoms with Crippen LogP contribution in [0.15, 0.2) is 12.1 Å². The van der Waals surface area contributed by atoms with Gasteiger partial charge in [-0.25, -0.2) is 8.78 Å². The van der Waals surface area contributed by atoms with Crippen LogP contribution in [0.2, 0.25) is 0 Å². The van der Waals surface area contributed by atoms with Crippen LogP contribution < -0.4 is 14.8 Å². The van der Waals surface area contributed by atoms with Gasteiger partial charge in [0.05, 0.1) is 19.6 Å². The Morgan fingerprint density at radius 1 is 1.40 bits per heavy atom. The molecular formula is C14H18ClF2NO2. The van der Waals surface area contributed by atoms with Crippen LogP contribution in [0.5, 0.6) is 11.5 Å². The first kappa shape index (κ1) is 15.3. The minimum absolute atomic E-state index is 0. The Bertz CT molecular complexity index is 496. The van der Waals surface area contributed by atoms with E-state index in [1.165, 1.54) is 5.56 Å². The average Bonchev–Trinajstić information content (AvgIpc) is 3.03. The van der Waals surface area contributed by atoms with E-state index in [2.05, 4.69) is 5.32 Å². The molecule has 1 heterocycles. The number of ether oxygens (including phenoxy) is 2. The largest absolute Gasteiger partial charge is 0.493 e. The number of hydrogen-bond acceptors (Lipinski definition) is 3. The summed E-state index contributed by atoms with van der Waals surface area (Å²) < 4.78 is 36.6. The Balaban J connectivity index is 0.00000147. The summed E-state index contributed by atoms with van der Waals surface area (Å²) in [5.74, 6) is -1.91. The Hall–Kier alpha value is -1.07. The van der Waals surface area contributed by atoms with Crippen molar-refractivity contribution < 1.29 is 18.3 Å². The summed E-state index contributed by atoms with van der Waals surface area (Å²) in [5.41, 5.74) is 2.31. The van der Waals surface area contributed by atoms with E-state index >= 15 is 0 Å². The van der Waals surface area contributed by atoms with Crippen LogP contribution in [0.4, 0.5) is 8.78 Å². The molecule has 0 radical (unpaired) electrons. The lowest BCUT2D eigenvalue weighted by Crippen LogP contribution is -2.24. The molecule has 0 aromatic heterocycles. The van der Waals surface area contributed by atoms with Crippen LogP contribution in [0.1, 0.15) is 17.5 Å². The van der Waals surface area contributed by atoms with Gasteiger partial charge in [0.2, 0.25) is 0 Å². The fourth-order valence-electron chi connectivity index (χ4n) is 2.50. The van der Waals surface area contributed by atoms with E-state index in [0.717, 1.165) is 25.1 Å². The molecule has 0 bridgehead atoms. The average molecular weight is 306 g/mol. The summed E-state index contributed by atoms with van der Waals surface area (Å²) in [6.45, 7) is 1.76. The standard InChI is InChI=1S/C14H17F2NO2.ClH/c1-18-13-11-4-5-17-7-9(11)2-3-12(13)19-8-10-6-14(10,15)16;/h2-3,10,17H,4-8H2,1H3;1H. The van der Waals surface area contributed by atoms with Crippen LogP contribution in [-0.2, 0) is 13.0 Å². The first-order valence-corrected chi connectivity index (χ1v) is 6.52. The van der Waals surface area contributed by atoms with Crippen molar-refractivity contribution in [1.82, 2.24) is 5.32 Å². The molecule has 1 N–H and O–H groups in total. The third-order valence-electron chi connectivity index (χ3n) is 3.79. The van der Waals surface area contributed by atoms with Crippen molar-refractivity contribution in [1.29, 1.82) is 0 Å². The molecule has 3 nitrogen and oxygen atoms in total. The number of nitrogens with one attached hydrogen (secondary N) is 1. The van der Waals surface area contributed by atoms with Gasteiger partial charge in [-0.15, -0.1) is 12.4 Å². The zero-order valence-corrected chi connectivity index (χ0v) is 12.1. The second-order valence-electron chi connectivity index (χ2n) is 5.13. The summed E-state index contributed by atoms with van der Waals surface area (Å²) in [7, 11) is 1.59. The van der Waals surface area contributed by atoms with E-state index in [4.69, 9.17) is 9.47 Å². The van der Waals surface area contributed by atoms with Crippen molar-refractivity contribution in [3.05, 3.63) is 23.3 Å². The highest BCUT2D eigenvalue weighted by atomic mass is 35.5. The van der Waals surface area contributed by atoms with Crippen molar-refractivity contribution in [3.8, 4) is 11.5 Å². The lowest BCUT2D eigenvalue weighted by Gasteiger charge is -2.22. The molecular weight excluding hydrogens is 288 g/mol. The van der Waals surface area contributed by atoms with Crippen molar-refractivity contribution in [2.75, 3.05) is 20.3 Å². The molecule has 0 amide bonds. The van der Waals surface area contributed by atoms with Gasteiger partial charge in [-0.05, 0) is 24.6 Å². The number of methoxy groups -OCH3 is 1. The van der Waals surface area contributed by atoms with Gasteiger partial charge in [-0.3, -0.25) is 0 Å². The van der Waals surface area contributed by atoms with Crippen molar-refractivity contribution in [3.63, 3.8) is 0 Å². The molecule has 6 heteroatoms. The first-order valence-electron chi connectivity index (χ1n) is 6.52. The molecule has 3 rings (SSSR count). The molecule has 1 aliphatic heterocycles. The predicted octanol–water partition coefficient (Wildman–Crippen LogP) is 2.80. The highest BCUT2D eigenvalue weighted by Gasteiger charge is 2.57. The van der Waals surface area contributed by atoms with Gasteiger partial charge in [0, 0.05) is 18.5 Å². The van der Waals surface area contributed by atoms with Crippen LogP contribution >= 0.6 is 12.4 Å². The van der Waals surface area contributed by atoms with Crippen molar-refractivity contribution in [2.24, 2.45) is 5.92 Å². The fourth-order valence-corrected chi connectivity index (χ4v) is 2.50. The van der Waals surface area contributed by atoms with Crippen LogP contribution in [0.25, 0.3) is 0 Å². The van der Waals surface area contributed by atoms with Gasteiger partial charge in [-0.1, -0.05) is 6.07 Å². The molecule has 20 heavy (non-hydrogen) atoms. The van der Waals surface area contributed by atoms with Crippen molar-refractivity contribution >= 4 is 12.4 Å². The molecule has 1 saturated carbocycles. The highest BCUT2D eigenvalue weighted by molar-refractivity contribution is 5.85. The highest BCUT2D eigenvalue weighted by Crippen LogP contribution is 2.49. The van der Waals surface area contributed by atoms with E-state index in [0.29, 0.717) is 11.5 Å². The molecule has 1 aromatic carbocycles. The molecule has 1 unspecified atom stereocenters. The van der Waals surface area contributed by atoms with Gasteiger partial charge in [0.1, 0.15) is 0 Å². The SMILES string of the molecule is COc1c(OCC2CC2(F)F)ccc2c1CCNC2.Cl. The van der Waals surface area contributed by atoms with Gasteiger partial charge in [0.25, 0.3) is 5.92 Å². The van der Waals surface area contributed by atoms with Crippen molar-refractivity contribution in [2.45, 2.75) is 25.3 Å². The molecule has 0 spiro atoms. The molecule has 1 aromatic rings. The Morgan fingerprint density at radius 2 is 2.15 bits per heavy atom. The van der Waals surface area contributed by atoms with E-state index in [1.54, 1.807) is 7.11 Å². The quantitative estimate of drug-likeness (QED) is 0.928. The Labute approximate surface area is 123 Å². The summed E-state index contributed by atoms with van der Waals surface area (Å²) in [4.78, 5) is 0. The molecule has 2 aliphatic rings. The van der Waals surface area contributed by atoms with Crippen LogP contribution in [0.3, 0.4) is 0 Å². The second kappa shape index (κ2) is 5.74. The van der Waals surface area contributed by atoms with E-state index < -0.39 is 11.8 Å². The predicted molar refractivity (Wildman–Crippen MR) is 74.2 cm³/mol. The molecule has 0 saturated heterocycles. The Kier molecular flexibility index (Phi) is 4.39. The molecule has 1 atom stereocenters. The minimum Gasteiger partial charge on any atom is -0.493 e. The number of halogens is 3. The maximum atomic E-state index is 12.8. The zero-order valence-electron chi connectivity index (χ0n) is 11.2. The molecule has 112 valence electrons. The summed E-state index contributed by atoms with van der Waals surface area (Å²) in [6.07, 6.45) is 0.805. The van der Waals surface area contributed by atoms with Crippen LogP contribution in [-0.4, -0.2) is 26.2 Å². The summed E-state index contributed by atoms with van der Waals surface area (Å²) in [5, 5.41) is 3.29.